The number of carbonyl (C=O) groups excluding carboxylic acids is 1. The highest BCUT2D eigenvalue weighted by atomic mass is 32.2. The zero-order valence-corrected chi connectivity index (χ0v) is 14.6. The van der Waals surface area contributed by atoms with Crippen molar-refractivity contribution in [3.05, 3.63) is 24.3 Å². The molecule has 0 rings (SSSR count). The third kappa shape index (κ3) is 17.2. The lowest BCUT2D eigenvalue weighted by molar-refractivity contribution is -0.140. The first-order chi connectivity index (χ1) is 10.3. The Morgan fingerprint density at radius 1 is 1.00 bits per heavy atom. The van der Waals surface area contributed by atoms with Gasteiger partial charge in [-0.05, 0) is 19.3 Å². The van der Waals surface area contributed by atoms with Crippen LogP contribution < -0.4 is 0 Å². The average molecular weight is 313 g/mol. The van der Waals surface area contributed by atoms with Gasteiger partial charge in [-0.15, -0.1) is 0 Å². The van der Waals surface area contributed by atoms with E-state index < -0.39 is 0 Å². The molecule has 0 aliphatic carbocycles. The lowest BCUT2D eigenvalue weighted by atomic mass is 10.1. The summed E-state index contributed by atoms with van der Waals surface area (Å²) in [7, 11) is 1.43. The molecule has 122 valence electrons. The summed E-state index contributed by atoms with van der Waals surface area (Å²) in [5.41, 5.74) is 0. The van der Waals surface area contributed by atoms with Crippen LogP contribution in [-0.2, 0) is 9.53 Å². The lowest BCUT2D eigenvalue weighted by Gasteiger charge is -1.97. The van der Waals surface area contributed by atoms with E-state index in [9.17, 15) is 4.79 Å². The molecule has 0 unspecified atom stereocenters. The minimum atomic E-state index is -0.121. The Morgan fingerprint density at radius 3 is 2.48 bits per heavy atom. The molecule has 21 heavy (non-hydrogen) atoms. The van der Waals surface area contributed by atoms with E-state index in [0.717, 1.165) is 17.9 Å². The Kier molecular flexibility index (Phi) is 16.8. The van der Waals surface area contributed by atoms with Crippen molar-refractivity contribution in [2.24, 2.45) is 0 Å². The van der Waals surface area contributed by atoms with Crippen LogP contribution in [0.4, 0.5) is 0 Å². The quantitative estimate of drug-likeness (QED) is 0.239. The van der Waals surface area contributed by atoms with Gasteiger partial charge in [0, 0.05) is 11.5 Å². The number of hydrogen-bond donors (Lipinski definition) is 0. The molecular weight excluding hydrogens is 280 g/mol. The summed E-state index contributed by atoms with van der Waals surface area (Å²) >= 11 is 1.77. The molecule has 0 saturated carbocycles. The molecule has 0 radical (unpaired) electrons. The Balaban J connectivity index is 3.23. The molecule has 0 aromatic heterocycles. The van der Waals surface area contributed by atoms with Crippen molar-refractivity contribution in [3.8, 4) is 0 Å². The fourth-order valence-corrected chi connectivity index (χ4v) is 2.66. The van der Waals surface area contributed by atoms with Gasteiger partial charge in [0.25, 0.3) is 0 Å². The number of carbonyl (C=O) groups is 1. The van der Waals surface area contributed by atoms with E-state index in [1.54, 1.807) is 11.8 Å². The maximum absolute atomic E-state index is 10.9. The van der Waals surface area contributed by atoms with Gasteiger partial charge in [-0.2, -0.15) is 11.8 Å². The summed E-state index contributed by atoms with van der Waals surface area (Å²) < 4.78 is 4.59. The van der Waals surface area contributed by atoms with Crippen LogP contribution in [0.3, 0.4) is 0 Å². The van der Waals surface area contributed by atoms with Crippen LogP contribution in [0.2, 0.25) is 0 Å². The summed E-state index contributed by atoms with van der Waals surface area (Å²) in [6, 6.07) is 0. The van der Waals surface area contributed by atoms with Gasteiger partial charge in [-0.3, -0.25) is 4.79 Å². The summed E-state index contributed by atoms with van der Waals surface area (Å²) in [6.45, 7) is 2.26. The Hall–Kier alpha value is -0.700. The lowest BCUT2D eigenvalue weighted by Crippen LogP contribution is -2.01. The van der Waals surface area contributed by atoms with Crippen molar-refractivity contribution >= 4 is 17.7 Å². The van der Waals surface area contributed by atoms with Crippen molar-refractivity contribution in [3.63, 3.8) is 0 Å². The predicted octanol–water partition coefficient (Wildman–Crippen LogP) is 5.54. The fraction of sp³-hybridized carbons (Fsp3) is 0.722. The molecule has 0 atom stereocenters. The predicted molar refractivity (Wildman–Crippen MR) is 94.8 cm³/mol. The van der Waals surface area contributed by atoms with Crippen LogP contribution in [0.25, 0.3) is 0 Å². The first-order valence-corrected chi connectivity index (χ1v) is 9.41. The zero-order valence-electron chi connectivity index (χ0n) is 13.8. The SMILES string of the molecule is CCCCCCCC/C=C\C/C=C\CSCCC(=O)OC. The van der Waals surface area contributed by atoms with Crippen LogP contribution in [0.15, 0.2) is 24.3 Å². The van der Waals surface area contributed by atoms with Gasteiger partial charge < -0.3 is 4.74 Å². The smallest absolute Gasteiger partial charge is 0.306 e. The Labute approximate surface area is 135 Å². The van der Waals surface area contributed by atoms with Gasteiger partial charge in [0.15, 0.2) is 0 Å². The molecule has 0 heterocycles. The van der Waals surface area contributed by atoms with E-state index in [-0.39, 0.29) is 5.97 Å². The number of esters is 1. The first-order valence-electron chi connectivity index (χ1n) is 8.25. The van der Waals surface area contributed by atoms with E-state index in [1.807, 2.05) is 0 Å². The van der Waals surface area contributed by atoms with Crippen LogP contribution in [-0.4, -0.2) is 24.6 Å². The van der Waals surface area contributed by atoms with Crippen molar-refractivity contribution in [1.82, 2.24) is 0 Å². The van der Waals surface area contributed by atoms with E-state index in [4.69, 9.17) is 0 Å². The molecule has 0 aliphatic rings. The molecule has 0 bridgehead atoms. The number of ether oxygens (including phenoxy) is 1. The van der Waals surface area contributed by atoms with E-state index in [2.05, 4.69) is 36.0 Å². The summed E-state index contributed by atoms with van der Waals surface area (Å²) in [5.74, 6) is 1.69. The van der Waals surface area contributed by atoms with E-state index >= 15 is 0 Å². The highest BCUT2D eigenvalue weighted by Crippen LogP contribution is 2.07. The molecule has 0 aliphatic heterocycles. The highest BCUT2D eigenvalue weighted by Gasteiger charge is 1.97. The van der Waals surface area contributed by atoms with Crippen LogP contribution in [0.1, 0.15) is 64.7 Å². The maximum Gasteiger partial charge on any atom is 0.306 e. The molecule has 0 spiro atoms. The van der Waals surface area contributed by atoms with Gasteiger partial charge >= 0.3 is 5.97 Å². The van der Waals surface area contributed by atoms with Gasteiger partial charge in [0.05, 0.1) is 13.5 Å². The Bertz CT molecular complexity index is 285. The second-order valence-electron chi connectivity index (χ2n) is 5.14. The Morgan fingerprint density at radius 2 is 1.71 bits per heavy atom. The molecule has 0 fully saturated rings. The van der Waals surface area contributed by atoms with Gasteiger partial charge in [0.2, 0.25) is 0 Å². The molecule has 0 aromatic rings. The maximum atomic E-state index is 10.9. The summed E-state index contributed by atoms with van der Waals surface area (Å²) in [4.78, 5) is 10.9. The van der Waals surface area contributed by atoms with Crippen molar-refractivity contribution in [1.29, 1.82) is 0 Å². The molecule has 2 nitrogen and oxygen atoms in total. The average Bonchev–Trinajstić information content (AvgIpc) is 2.50. The third-order valence-corrected chi connectivity index (χ3v) is 4.14. The van der Waals surface area contributed by atoms with Crippen LogP contribution >= 0.6 is 11.8 Å². The molecule has 0 N–H and O–H groups in total. The molecule has 3 heteroatoms. The standard InChI is InChI=1S/C18H32O2S/c1-3-4-5-6-7-8-9-10-11-12-13-14-16-21-17-15-18(19)20-2/h10-11,13-14H,3-9,12,15-17H2,1-2H3/b11-10-,14-13-. The van der Waals surface area contributed by atoms with Gasteiger partial charge in [-0.25, -0.2) is 0 Å². The van der Waals surface area contributed by atoms with Gasteiger partial charge in [0.1, 0.15) is 0 Å². The van der Waals surface area contributed by atoms with E-state index in [1.165, 1.54) is 52.1 Å². The van der Waals surface area contributed by atoms with E-state index in [0.29, 0.717) is 6.42 Å². The first kappa shape index (κ1) is 20.3. The molecule has 0 saturated heterocycles. The number of allylic oxidation sites excluding steroid dienone is 3. The molecular formula is C18H32O2S. The van der Waals surface area contributed by atoms with Crippen LogP contribution in [0.5, 0.6) is 0 Å². The largest absolute Gasteiger partial charge is 0.469 e. The molecule has 0 amide bonds. The third-order valence-electron chi connectivity index (χ3n) is 3.22. The number of thioether (sulfide) groups is 1. The normalized spacial score (nSPS) is 11.5. The topological polar surface area (TPSA) is 26.3 Å². The minimum absolute atomic E-state index is 0.121. The summed E-state index contributed by atoms with van der Waals surface area (Å²) in [6.07, 6.45) is 19.9. The number of hydrogen-bond acceptors (Lipinski definition) is 3. The second kappa shape index (κ2) is 17.4. The van der Waals surface area contributed by atoms with Crippen LogP contribution in [0, 0.1) is 0 Å². The molecule has 0 aromatic carbocycles. The van der Waals surface area contributed by atoms with Crippen molar-refractivity contribution in [2.75, 3.05) is 18.6 Å². The fourth-order valence-electron chi connectivity index (χ4n) is 1.91. The number of rotatable bonds is 14. The van der Waals surface area contributed by atoms with Crippen molar-refractivity contribution in [2.45, 2.75) is 64.7 Å². The highest BCUT2D eigenvalue weighted by molar-refractivity contribution is 7.99. The summed E-state index contributed by atoms with van der Waals surface area (Å²) in [5, 5.41) is 0. The zero-order chi connectivity index (χ0) is 15.6. The minimum Gasteiger partial charge on any atom is -0.469 e. The monoisotopic (exact) mass is 312 g/mol. The second-order valence-corrected chi connectivity index (χ2v) is 6.29. The number of methoxy groups -OCH3 is 1. The van der Waals surface area contributed by atoms with Gasteiger partial charge in [-0.1, -0.05) is 63.3 Å². The van der Waals surface area contributed by atoms with Crippen molar-refractivity contribution < 1.29 is 9.53 Å². The number of unbranched alkanes of at least 4 members (excludes halogenated alkanes) is 6.